The molecule has 158 valence electrons. The molecular formula is C20H34N4O4. The van der Waals surface area contributed by atoms with Gasteiger partial charge in [0, 0.05) is 19.6 Å². The summed E-state index contributed by atoms with van der Waals surface area (Å²) in [6.07, 6.45) is -0.432. The quantitative estimate of drug-likeness (QED) is 0.339. The van der Waals surface area contributed by atoms with Gasteiger partial charge >= 0.3 is 6.09 Å². The minimum Gasteiger partial charge on any atom is -0.493 e. The molecule has 0 fully saturated rings. The van der Waals surface area contributed by atoms with Crippen LogP contribution in [0.25, 0.3) is 0 Å². The number of benzene rings is 1. The van der Waals surface area contributed by atoms with E-state index in [4.69, 9.17) is 14.2 Å². The number of carbonyl (C=O) groups is 1. The number of hydrogen-bond donors (Lipinski definition) is 3. The van der Waals surface area contributed by atoms with Gasteiger partial charge in [0.2, 0.25) is 0 Å². The molecule has 0 unspecified atom stereocenters. The summed E-state index contributed by atoms with van der Waals surface area (Å²) in [6.45, 7) is 12.2. The zero-order valence-corrected chi connectivity index (χ0v) is 17.8. The summed E-state index contributed by atoms with van der Waals surface area (Å²) in [5.41, 5.74) is 0.500. The van der Waals surface area contributed by atoms with Gasteiger partial charge in [0.1, 0.15) is 5.60 Å². The zero-order chi connectivity index (χ0) is 21.0. The van der Waals surface area contributed by atoms with Crippen molar-refractivity contribution in [3.63, 3.8) is 0 Å². The van der Waals surface area contributed by atoms with Crippen molar-refractivity contribution in [3.8, 4) is 11.5 Å². The monoisotopic (exact) mass is 394 g/mol. The Balaban J connectivity index is 2.57. The summed E-state index contributed by atoms with van der Waals surface area (Å²) in [5, 5.41) is 9.07. The molecule has 8 heteroatoms. The highest BCUT2D eigenvalue weighted by Gasteiger charge is 2.15. The number of rotatable bonds is 9. The van der Waals surface area contributed by atoms with Gasteiger partial charge in [-0.2, -0.15) is 0 Å². The second-order valence-corrected chi connectivity index (χ2v) is 6.97. The van der Waals surface area contributed by atoms with Gasteiger partial charge in [-0.05, 0) is 52.3 Å². The smallest absolute Gasteiger partial charge is 0.407 e. The maximum Gasteiger partial charge on any atom is 0.407 e. The number of carbonyl (C=O) groups excluding carboxylic acids is 1. The van der Waals surface area contributed by atoms with Crippen molar-refractivity contribution in [2.75, 3.05) is 33.4 Å². The van der Waals surface area contributed by atoms with Crippen LogP contribution in [-0.2, 0) is 11.3 Å². The van der Waals surface area contributed by atoms with Crippen LogP contribution in [0, 0.1) is 0 Å². The topological polar surface area (TPSA) is 93.2 Å². The Morgan fingerprint density at radius 3 is 2.39 bits per heavy atom. The van der Waals surface area contributed by atoms with Gasteiger partial charge in [-0.15, -0.1) is 0 Å². The molecule has 1 aromatic carbocycles. The molecule has 0 radical (unpaired) electrons. The van der Waals surface area contributed by atoms with Crippen molar-refractivity contribution in [2.45, 2.75) is 46.8 Å². The SMILES string of the molecule is CCNC(=NCc1ccc(OC)c(OCC)c1)NCCNC(=O)OC(C)(C)C. The van der Waals surface area contributed by atoms with Crippen LogP contribution in [-0.4, -0.2) is 51.0 Å². The van der Waals surface area contributed by atoms with Crippen molar-refractivity contribution in [1.82, 2.24) is 16.0 Å². The molecule has 0 aromatic heterocycles. The average molecular weight is 395 g/mol. The fourth-order valence-electron chi connectivity index (χ4n) is 2.26. The first-order valence-electron chi connectivity index (χ1n) is 9.57. The number of methoxy groups -OCH3 is 1. The largest absolute Gasteiger partial charge is 0.493 e. The standard InChI is InChI=1S/C20H34N4O4/c1-7-21-18(22-11-12-23-19(25)28-20(3,4)5)24-14-15-9-10-16(26-6)17(13-15)27-8-2/h9-10,13H,7-8,11-12,14H2,1-6H3,(H,23,25)(H2,21,22,24). The predicted molar refractivity (Wildman–Crippen MR) is 111 cm³/mol. The Bertz CT molecular complexity index is 642. The molecule has 0 spiro atoms. The van der Waals surface area contributed by atoms with Gasteiger partial charge in [-0.1, -0.05) is 6.07 Å². The maximum absolute atomic E-state index is 11.6. The number of aliphatic imine (C=N–C) groups is 1. The highest BCUT2D eigenvalue weighted by Crippen LogP contribution is 2.28. The third kappa shape index (κ3) is 9.34. The Morgan fingerprint density at radius 2 is 1.79 bits per heavy atom. The summed E-state index contributed by atoms with van der Waals surface area (Å²) in [4.78, 5) is 16.2. The molecule has 1 aromatic rings. The average Bonchev–Trinajstić information content (AvgIpc) is 2.62. The first-order valence-corrected chi connectivity index (χ1v) is 9.57. The van der Waals surface area contributed by atoms with E-state index in [9.17, 15) is 4.79 Å². The molecule has 0 aliphatic heterocycles. The van der Waals surface area contributed by atoms with Crippen LogP contribution in [0.3, 0.4) is 0 Å². The lowest BCUT2D eigenvalue weighted by Gasteiger charge is -2.20. The molecule has 0 aliphatic carbocycles. The van der Waals surface area contributed by atoms with Crippen LogP contribution in [0.5, 0.6) is 11.5 Å². The third-order valence-corrected chi connectivity index (χ3v) is 3.38. The van der Waals surface area contributed by atoms with E-state index >= 15 is 0 Å². The minimum absolute atomic E-state index is 0.427. The van der Waals surface area contributed by atoms with E-state index in [1.165, 1.54) is 0 Å². The summed E-state index contributed by atoms with van der Waals surface area (Å²) in [6, 6.07) is 5.76. The van der Waals surface area contributed by atoms with E-state index in [1.54, 1.807) is 7.11 Å². The summed E-state index contributed by atoms with van der Waals surface area (Å²) < 4.78 is 16.1. The van der Waals surface area contributed by atoms with Crippen LogP contribution in [0.1, 0.15) is 40.2 Å². The van der Waals surface area contributed by atoms with Gasteiger partial charge in [0.15, 0.2) is 17.5 Å². The lowest BCUT2D eigenvalue weighted by molar-refractivity contribution is 0.0529. The van der Waals surface area contributed by atoms with E-state index in [2.05, 4.69) is 20.9 Å². The van der Waals surface area contributed by atoms with Gasteiger partial charge in [0.25, 0.3) is 0 Å². The second kappa shape index (κ2) is 11.9. The summed E-state index contributed by atoms with van der Waals surface area (Å²) >= 11 is 0. The molecule has 1 amide bonds. The van der Waals surface area contributed by atoms with Crippen LogP contribution >= 0.6 is 0 Å². The molecule has 0 heterocycles. The first-order chi connectivity index (χ1) is 13.3. The van der Waals surface area contributed by atoms with E-state index in [-0.39, 0.29) is 0 Å². The highest BCUT2D eigenvalue weighted by molar-refractivity contribution is 5.79. The van der Waals surface area contributed by atoms with E-state index in [0.29, 0.717) is 43.7 Å². The van der Waals surface area contributed by atoms with E-state index < -0.39 is 11.7 Å². The molecular weight excluding hydrogens is 360 g/mol. The predicted octanol–water partition coefficient (Wildman–Crippen LogP) is 2.67. The van der Waals surface area contributed by atoms with Gasteiger partial charge in [-0.3, -0.25) is 0 Å². The van der Waals surface area contributed by atoms with E-state index in [0.717, 1.165) is 12.1 Å². The van der Waals surface area contributed by atoms with Gasteiger partial charge in [0.05, 0.1) is 20.3 Å². The molecule has 0 saturated carbocycles. The van der Waals surface area contributed by atoms with Crippen molar-refractivity contribution in [1.29, 1.82) is 0 Å². The lowest BCUT2D eigenvalue weighted by atomic mass is 10.2. The number of hydrogen-bond acceptors (Lipinski definition) is 5. The second-order valence-electron chi connectivity index (χ2n) is 6.97. The fourth-order valence-corrected chi connectivity index (χ4v) is 2.26. The Morgan fingerprint density at radius 1 is 1.07 bits per heavy atom. The third-order valence-electron chi connectivity index (χ3n) is 3.38. The summed E-state index contributed by atoms with van der Waals surface area (Å²) in [5.74, 6) is 2.08. The van der Waals surface area contributed by atoms with Crippen LogP contribution < -0.4 is 25.4 Å². The molecule has 0 atom stereocenters. The fraction of sp³-hybridized carbons (Fsp3) is 0.600. The number of guanidine groups is 1. The van der Waals surface area contributed by atoms with Crippen LogP contribution in [0.4, 0.5) is 4.79 Å². The highest BCUT2D eigenvalue weighted by atomic mass is 16.6. The van der Waals surface area contributed by atoms with Crippen LogP contribution in [0.2, 0.25) is 0 Å². The van der Waals surface area contributed by atoms with Crippen molar-refractivity contribution >= 4 is 12.1 Å². The summed E-state index contributed by atoms with van der Waals surface area (Å²) in [7, 11) is 1.62. The molecule has 0 bridgehead atoms. The van der Waals surface area contributed by atoms with Crippen LogP contribution in [0.15, 0.2) is 23.2 Å². The molecule has 8 nitrogen and oxygen atoms in total. The first kappa shape index (κ1) is 23.4. The van der Waals surface area contributed by atoms with Gasteiger partial charge in [-0.25, -0.2) is 9.79 Å². The minimum atomic E-state index is -0.507. The zero-order valence-electron chi connectivity index (χ0n) is 17.8. The Hall–Kier alpha value is -2.64. The van der Waals surface area contributed by atoms with Gasteiger partial charge < -0.3 is 30.2 Å². The molecule has 1 rings (SSSR count). The number of amides is 1. The normalized spacial score (nSPS) is 11.6. The van der Waals surface area contributed by atoms with E-state index in [1.807, 2.05) is 52.8 Å². The number of ether oxygens (including phenoxy) is 3. The van der Waals surface area contributed by atoms with Crippen molar-refractivity contribution in [2.24, 2.45) is 4.99 Å². The molecule has 28 heavy (non-hydrogen) atoms. The number of nitrogens with one attached hydrogen (secondary N) is 3. The Kier molecular flexibility index (Phi) is 9.98. The molecule has 3 N–H and O–H groups in total. The Labute approximate surface area is 168 Å². The lowest BCUT2D eigenvalue weighted by Crippen LogP contribution is -2.42. The molecule has 0 saturated heterocycles. The molecule has 0 aliphatic rings. The maximum atomic E-state index is 11.6. The number of alkyl carbamates (subject to hydrolysis) is 1. The van der Waals surface area contributed by atoms with Crippen molar-refractivity contribution in [3.05, 3.63) is 23.8 Å². The number of nitrogens with zero attached hydrogens (tertiary/aromatic N) is 1. The van der Waals surface area contributed by atoms with Crippen molar-refractivity contribution < 1.29 is 19.0 Å².